The maximum Gasteiger partial charge on any atom is 0.330 e. The van der Waals surface area contributed by atoms with Crippen molar-refractivity contribution >= 4 is 35.0 Å². The van der Waals surface area contributed by atoms with Crippen LogP contribution in [0.5, 0.6) is 0 Å². The number of hydrogen-bond acceptors (Lipinski definition) is 5. The van der Waals surface area contributed by atoms with Gasteiger partial charge in [0.2, 0.25) is 0 Å². The number of carboxylic acid groups (broad SMARTS) is 1. The van der Waals surface area contributed by atoms with Crippen molar-refractivity contribution in [1.82, 2.24) is 10.3 Å². The third-order valence-electron chi connectivity index (χ3n) is 3.29. The fourth-order valence-electron chi connectivity index (χ4n) is 2.14. The van der Waals surface area contributed by atoms with E-state index >= 15 is 0 Å². The highest BCUT2D eigenvalue weighted by Crippen LogP contribution is 2.29. The number of carboxylic acids is 1. The van der Waals surface area contributed by atoms with Gasteiger partial charge in [-0.2, -0.15) is 11.8 Å². The van der Waals surface area contributed by atoms with Crippen molar-refractivity contribution in [3.8, 4) is 0 Å². The zero-order valence-corrected chi connectivity index (χ0v) is 13.2. The van der Waals surface area contributed by atoms with E-state index in [0.717, 1.165) is 23.6 Å². The van der Waals surface area contributed by atoms with Gasteiger partial charge in [-0.15, -0.1) is 11.3 Å². The molecular formula is C13H18N2O3S2. The van der Waals surface area contributed by atoms with E-state index in [-0.39, 0.29) is 5.91 Å². The van der Waals surface area contributed by atoms with Crippen LogP contribution < -0.4 is 5.32 Å². The van der Waals surface area contributed by atoms with E-state index in [1.807, 2.05) is 0 Å². The number of aliphatic carboxylic acids is 1. The summed E-state index contributed by atoms with van der Waals surface area (Å²) in [5, 5.41) is 13.0. The van der Waals surface area contributed by atoms with Gasteiger partial charge in [-0.1, -0.05) is 6.92 Å². The molecule has 1 aromatic heterocycles. The number of aromatic nitrogens is 1. The molecule has 0 saturated carbocycles. The Morgan fingerprint density at radius 1 is 1.50 bits per heavy atom. The van der Waals surface area contributed by atoms with E-state index < -0.39 is 11.5 Å². The minimum absolute atomic E-state index is 0.313. The van der Waals surface area contributed by atoms with E-state index in [1.54, 1.807) is 18.7 Å². The minimum Gasteiger partial charge on any atom is -0.479 e. The maximum absolute atomic E-state index is 12.3. The molecule has 1 aromatic rings. The Kier molecular flexibility index (Phi) is 4.70. The molecule has 1 atom stereocenters. The lowest BCUT2D eigenvalue weighted by molar-refractivity contribution is -0.143. The highest BCUT2D eigenvalue weighted by atomic mass is 32.2. The van der Waals surface area contributed by atoms with Gasteiger partial charge >= 0.3 is 5.97 Å². The van der Waals surface area contributed by atoms with Crippen molar-refractivity contribution in [3.05, 3.63) is 15.6 Å². The number of carbonyl (C=O) groups is 2. The maximum atomic E-state index is 12.3. The summed E-state index contributed by atoms with van der Waals surface area (Å²) in [6, 6.07) is 0. The van der Waals surface area contributed by atoms with Gasteiger partial charge in [-0.25, -0.2) is 9.78 Å². The molecule has 0 spiro atoms. The number of thiazole rings is 1. The van der Waals surface area contributed by atoms with Gasteiger partial charge in [-0.05, 0) is 31.9 Å². The molecule has 7 heteroatoms. The van der Waals surface area contributed by atoms with Crippen molar-refractivity contribution < 1.29 is 14.7 Å². The quantitative estimate of drug-likeness (QED) is 0.870. The lowest BCUT2D eigenvalue weighted by Gasteiger charge is -2.24. The first-order valence-electron chi connectivity index (χ1n) is 6.58. The average molecular weight is 314 g/mol. The summed E-state index contributed by atoms with van der Waals surface area (Å²) in [6.07, 6.45) is 2.29. The number of amides is 1. The average Bonchev–Trinajstić information content (AvgIpc) is 2.98. The van der Waals surface area contributed by atoms with E-state index in [4.69, 9.17) is 0 Å². The first kappa shape index (κ1) is 15.3. The van der Waals surface area contributed by atoms with Gasteiger partial charge in [0.15, 0.2) is 0 Å². The molecule has 1 amide bonds. The molecule has 1 unspecified atom stereocenters. The Bertz CT molecular complexity index is 522. The topological polar surface area (TPSA) is 79.3 Å². The highest BCUT2D eigenvalue weighted by Gasteiger charge is 2.43. The molecule has 0 bridgehead atoms. The number of rotatable bonds is 5. The van der Waals surface area contributed by atoms with Crippen LogP contribution in [0.2, 0.25) is 0 Å². The minimum atomic E-state index is -1.12. The van der Waals surface area contributed by atoms with E-state index in [0.29, 0.717) is 22.7 Å². The summed E-state index contributed by atoms with van der Waals surface area (Å²) in [7, 11) is 0. The number of carbonyl (C=O) groups excluding carboxylic acids is 1. The molecule has 1 saturated heterocycles. The molecule has 2 rings (SSSR count). The van der Waals surface area contributed by atoms with E-state index in [2.05, 4.69) is 17.2 Å². The summed E-state index contributed by atoms with van der Waals surface area (Å²) in [6.45, 7) is 3.85. The van der Waals surface area contributed by atoms with Crippen LogP contribution >= 0.6 is 23.1 Å². The van der Waals surface area contributed by atoms with Crippen LogP contribution in [0.3, 0.4) is 0 Å². The zero-order chi connectivity index (χ0) is 14.8. The Morgan fingerprint density at radius 3 is 2.80 bits per heavy atom. The fourth-order valence-corrected chi connectivity index (χ4v) is 4.53. The molecule has 20 heavy (non-hydrogen) atoms. The van der Waals surface area contributed by atoms with Crippen LogP contribution in [0.1, 0.15) is 40.1 Å². The molecule has 2 N–H and O–H groups in total. The number of nitrogens with zero attached hydrogens (tertiary/aromatic N) is 1. The fraction of sp³-hybridized carbons (Fsp3) is 0.615. The highest BCUT2D eigenvalue weighted by molar-refractivity contribution is 7.99. The predicted molar refractivity (Wildman–Crippen MR) is 80.6 cm³/mol. The Labute approximate surface area is 126 Å². The van der Waals surface area contributed by atoms with Crippen LogP contribution in [0.15, 0.2) is 0 Å². The van der Waals surface area contributed by atoms with E-state index in [9.17, 15) is 14.7 Å². The molecule has 2 heterocycles. The summed E-state index contributed by atoms with van der Waals surface area (Å²) in [4.78, 5) is 28.7. The van der Waals surface area contributed by atoms with Gasteiger partial charge in [0.05, 0.1) is 10.7 Å². The number of thioether (sulfide) groups is 1. The second-order valence-electron chi connectivity index (χ2n) is 4.92. The molecule has 0 aliphatic carbocycles. The summed E-state index contributed by atoms with van der Waals surface area (Å²) < 4.78 is 0. The molecule has 1 aliphatic heterocycles. The third kappa shape index (κ3) is 2.98. The number of nitrogens with one attached hydrogen (secondary N) is 1. The van der Waals surface area contributed by atoms with Crippen LogP contribution in [-0.4, -0.2) is 39.0 Å². The lowest BCUT2D eigenvalue weighted by Crippen LogP contribution is -2.54. The van der Waals surface area contributed by atoms with E-state index in [1.165, 1.54) is 11.3 Å². The SMILES string of the molecule is CCCc1nc(C)c(C(=O)NC2(C(=O)O)CCSC2)s1. The smallest absolute Gasteiger partial charge is 0.330 e. The van der Waals surface area contributed by atoms with Crippen molar-refractivity contribution in [2.45, 2.75) is 38.6 Å². The molecule has 0 aromatic carbocycles. The van der Waals surface area contributed by atoms with Gasteiger partial charge in [0.1, 0.15) is 10.4 Å². The first-order valence-corrected chi connectivity index (χ1v) is 8.55. The standard InChI is InChI=1S/C13H18N2O3S2/c1-3-4-9-14-8(2)10(20-9)11(16)15-13(12(17)18)5-6-19-7-13/h3-7H2,1-2H3,(H,15,16)(H,17,18). The van der Waals surface area contributed by atoms with Crippen LogP contribution in [0, 0.1) is 6.92 Å². The van der Waals surface area contributed by atoms with Crippen LogP contribution in [0.25, 0.3) is 0 Å². The van der Waals surface area contributed by atoms with Crippen molar-refractivity contribution in [2.24, 2.45) is 0 Å². The van der Waals surface area contributed by atoms with Crippen LogP contribution in [0.4, 0.5) is 0 Å². The molecule has 1 aliphatic rings. The Morgan fingerprint density at radius 2 is 2.25 bits per heavy atom. The van der Waals surface area contributed by atoms with Gasteiger partial charge in [-0.3, -0.25) is 4.79 Å². The van der Waals surface area contributed by atoms with Crippen LogP contribution in [-0.2, 0) is 11.2 Å². The summed E-state index contributed by atoms with van der Waals surface area (Å²) >= 11 is 2.92. The molecule has 5 nitrogen and oxygen atoms in total. The second-order valence-corrected chi connectivity index (χ2v) is 7.10. The summed E-state index contributed by atoms with van der Waals surface area (Å²) in [5.41, 5.74) is -0.439. The molecular weight excluding hydrogens is 296 g/mol. The number of hydrogen-bond donors (Lipinski definition) is 2. The number of aryl methyl sites for hydroxylation is 2. The van der Waals surface area contributed by atoms with Gasteiger partial charge in [0.25, 0.3) is 5.91 Å². The Balaban J connectivity index is 2.17. The van der Waals surface area contributed by atoms with Crippen molar-refractivity contribution in [1.29, 1.82) is 0 Å². The summed E-state index contributed by atoms with van der Waals surface area (Å²) in [5.74, 6) is -0.0812. The largest absolute Gasteiger partial charge is 0.479 e. The predicted octanol–water partition coefficient (Wildman–Crippen LogP) is 2.09. The normalized spacial score (nSPS) is 21.9. The second kappa shape index (κ2) is 6.13. The third-order valence-corrected chi connectivity index (χ3v) is 5.70. The molecule has 1 fully saturated rings. The van der Waals surface area contributed by atoms with Gasteiger partial charge in [0, 0.05) is 5.75 Å². The zero-order valence-electron chi connectivity index (χ0n) is 11.6. The monoisotopic (exact) mass is 314 g/mol. The van der Waals surface area contributed by atoms with Crippen molar-refractivity contribution in [3.63, 3.8) is 0 Å². The lowest BCUT2D eigenvalue weighted by atomic mass is 9.99. The first-order chi connectivity index (χ1) is 9.48. The molecule has 0 radical (unpaired) electrons. The molecule has 110 valence electrons. The van der Waals surface area contributed by atoms with Crippen molar-refractivity contribution in [2.75, 3.05) is 11.5 Å². The Hall–Kier alpha value is -1.08. The van der Waals surface area contributed by atoms with Gasteiger partial charge < -0.3 is 10.4 Å².